The van der Waals surface area contributed by atoms with Gasteiger partial charge in [-0.2, -0.15) is 0 Å². The van der Waals surface area contributed by atoms with Crippen molar-refractivity contribution >= 4 is 11.7 Å². The Balaban J connectivity index is 2.21. The number of hydrogen-bond donors (Lipinski definition) is 1. The summed E-state index contributed by atoms with van der Waals surface area (Å²) in [5.41, 5.74) is 0. The number of nitrogens with one attached hydrogen (secondary N) is 1. The van der Waals surface area contributed by atoms with Gasteiger partial charge in [0, 0.05) is 12.5 Å². The Hall–Kier alpha value is -0.900. The molecule has 4 nitrogen and oxygen atoms in total. The smallest absolute Gasteiger partial charge is 0.234 e. The van der Waals surface area contributed by atoms with Crippen molar-refractivity contribution in [3.05, 3.63) is 0 Å². The molecule has 1 N–H and O–H groups in total. The zero-order valence-electron chi connectivity index (χ0n) is 11.2. The van der Waals surface area contributed by atoms with E-state index in [4.69, 9.17) is 0 Å². The van der Waals surface area contributed by atoms with Crippen LogP contribution in [0.1, 0.15) is 33.6 Å². The van der Waals surface area contributed by atoms with Gasteiger partial charge in [-0.25, -0.2) is 0 Å². The van der Waals surface area contributed by atoms with Crippen molar-refractivity contribution in [3.63, 3.8) is 0 Å². The van der Waals surface area contributed by atoms with E-state index in [1.165, 1.54) is 0 Å². The molecule has 1 aliphatic heterocycles. The fourth-order valence-corrected chi connectivity index (χ4v) is 2.07. The standard InChI is InChI=1S/C13H24N2O2/c1-10(2)8-14-13(17)9-15-6-4-12(5-7-15)11(3)16/h10,12H,4-9H2,1-3H3,(H,14,17). The van der Waals surface area contributed by atoms with Crippen molar-refractivity contribution in [2.45, 2.75) is 33.6 Å². The summed E-state index contributed by atoms with van der Waals surface area (Å²) in [5, 5.41) is 2.92. The van der Waals surface area contributed by atoms with Crippen LogP contribution in [0.5, 0.6) is 0 Å². The predicted molar refractivity (Wildman–Crippen MR) is 67.7 cm³/mol. The average molecular weight is 240 g/mol. The van der Waals surface area contributed by atoms with Crippen molar-refractivity contribution in [3.8, 4) is 0 Å². The van der Waals surface area contributed by atoms with E-state index in [0.717, 1.165) is 32.5 Å². The third-order valence-corrected chi connectivity index (χ3v) is 3.24. The van der Waals surface area contributed by atoms with Gasteiger partial charge in [-0.3, -0.25) is 14.5 Å². The van der Waals surface area contributed by atoms with Crippen molar-refractivity contribution in [1.29, 1.82) is 0 Å². The Morgan fingerprint density at radius 2 is 1.88 bits per heavy atom. The van der Waals surface area contributed by atoms with Crippen LogP contribution in [0.2, 0.25) is 0 Å². The SMILES string of the molecule is CC(=O)C1CCN(CC(=O)NCC(C)C)CC1. The molecule has 1 heterocycles. The number of ketones is 1. The molecule has 0 spiro atoms. The van der Waals surface area contributed by atoms with Crippen molar-refractivity contribution in [1.82, 2.24) is 10.2 Å². The van der Waals surface area contributed by atoms with Crippen LogP contribution in [0.3, 0.4) is 0 Å². The van der Waals surface area contributed by atoms with Crippen LogP contribution in [0, 0.1) is 11.8 Å². The van der Waals surface area contributed by atoms with E-state index in [-0.39, 0.29) is 17.6 Å². The van der Waals surface area contributed by atoms with Gasteiger partial charge in [0.05, 0.1) is 6.54 Å². The van der Waals surface area contributed by atoms with Gasteiger partial charge in [-0.05, 0) is 38.8 Å². The Morgan fingerprint density at radius 3 is 2.35 bits per heavy atom. The molecular weight excluding hydrogens is 216 g/mol. The second kappa shape index (κ2) is 6.74. The molecule has 1 amide bonds. The predicted octanol–water partition coefficient (Wildman–Crippen LogP) is 1.06. The molecule has 1 aliphatic rings. The quantitative estimate of drug-likeness (QED) is 0.781. The van der Waals surface area contributed by atoms with Crippen molar-refractivity contribution in [2.24, 2.45) is 11.8 Å². The number of piperidine rings is 1. The number of carbonyl (C=O) groups excluding carboxylic acids is 2. The lowest BCUT2D eigenvalue weighted by Crippen LogP contribution is -2.43. The van der Waals surface area contributed by atoms with E-state index in [1.54, 1.807) is 6.92 Å². The molecule has 17 heavy (non-hydrogen) atoms. The molecule has 0 radical (unpaired) electrons. The summed E-state index contributed by atoms with van der Waals surface area (Å²) in [5.74, 6) is 1.08. The second-order valence-corrected chi connectivity index (χ2v) is 5.36. The summed E-state index contributed by atoms with van der Waals surface area (Å²) in [6.07, 6.45) is 1.79. The lowest BCUT2D eigenvalue weighted by Gasteiger charge is -2.30. The van der Waals surface area contributed by atoms with Gasteiger partial charge in [-0.15, -0.1) is 0 Å². The first kappa shape index (κ1) is 14.2. The molecule has 0 aromatic heterocycles. The number of amides is 1. The molecular formula is C13H24N2O2. The first-order chi connectivity index (χ1) is 7.99. The van der Waals surface area contributed by atoms with Crippen LogP contribution < -0.4 is 5.32 Å². The van der Waals surface area contributed by atoms with E-state index in [2.05, 4.69) is 24.1 Å². The minimum absolute atomic E-state index is 0.0972. The lowest BCUT2D eigenvalue weighted by molar-refractivity contribution is -0.123. The Labute approximate surface area is 104 Å². The van der Waals surface area contributed by atoms with E-state index in [9.17, 15) is 9.59 Å². The van der Waals surface area contributed by atoms with Crippen LogP contribution in [0.25, 0.3) is 0 Å². The topological polar surface area (TPSA) is 49.4 Å². The van der Waals surface area contributed by atoms with Crippen molar-refractivity contribution in [2.75, 3.05) is 26.2 Å². The largest absolute Gasteiger partial charge is 0.355 e. The minimum atomic E-state index is 0.0972. The van der Waals surface area contributed by atoms with Crippen LogP contribution in [0.4, 0.5) is 0 Å². The van der Waals surface area contributed by atoms with Crippen LogP contribution in [0.15, 0.2) is 0 Å². The minimum Gasteiger partial charge on any atom is -0.355 e. The number of Topliss-reactive ketones (excluding diaryl/α,β-unsaturated/α-hetero) is 1. The van der Waals surface area contributed by atoms with Crippen LogP contribution in [-0.2, 0) is 9.59 Å². The van der Waals surface area contributed by atoms with Gasteiger partial charge in [-0.1, -0.05) is 13.8 Å². The summed E-state index contributed by atoms with van der Waals surface area (Å²) >= 11 is 0. The maximum absolute atomic E-state index is 11.6. The first-order valence-electron chi connectivity index (χ1n) is 6.48. The Morgan fingerprint density at radius 1 is 1.29 bits per heavy atom. The molecule has 1 fully saturated rings. The van der Waals surface area contributed by atoms with Gasteiger partial charge in [0.15, 0.2) is 0 Å². The Bertz CT molecular complexity index is 269. The molecule has 4 heteroatoms. The van der Waals surface area contributed by atoms with E-state index in [0.29, 0.717) is 12.5 Å². The molecule has 0 aromatic rings. The fourth-order valence-electron chi connectivity index (χ4n) is 2.07. The summed E-state index contributed by atoms with van der Waals surface area (Å²) < 4.78 is 0. The highest BCUT2D eigenvalue weighted by Crippen LogP contribution is 2.17. The Kier molecular flexibility index (Phi) is 5.62. The lowest BCUT2D eigenvalue weighted by atomic mass is 9.93. The molecule has 0 atom stereocenters. The number of carbonyl (C=O) groups is 2. The van der Waals surface area contributed by atoms with Crippen LogP contribution in [-0.4, -0.2) is 42.8 Å². The number of likely N-dealkylation sites (tertiary alicyclic amines) is 1. The molecule has 98 valence electrons. The van der Waals surface area contributed by atoms with Gasteiger partial charge < -0.3 is 5.32 Å². The average Bonchev–Trinajstić information content (AvgIpc) is 2.27. The molecule has 1 saturated heterocycles. The van der Waals surface area contributed by atoms with Gasteiger partial charge in [0.1, 0.15) is 5.78 Å². The third kappa shape index (κ3) is 5.31. The first-order valence-corrected chi connectivity index (χ1v) is 6.48. The van der Waals surface area contributed by atoms with E-state index >= 15 is 0 Å². The summed E-state index contributed by atoms with van der Waals surface area (Å²) in [7, 11) is 0. The van der Waals surface area contributed by atoms with E-state index in [1.807, 2.05) is 0 Å². The van der Waals surface area contributed by atoms with Crippen molar-refractivity contribution < 1.29 is 9.59 Å². The maximum Gasteiger partial charge on any atom is 0.234 e. The van der Waals surface area contributed by atoms with Gasteiger partial charge in [0.25, 0.3) is 0 Å². The highest BCUT2D eigenvalue weighted by atomic mass is 16.2. The van der Waals surface area contributed by atoms with Gasteiger partial charge >= 0.3 is 0 Å². The molecule has 0 unspecified atom stereocenters. The number of rotatable bonds is 5. The highest BCUT2D eigenvalue weighted by Gasteiger charge is 2.23. The maximum atomic E-state index is 11.6. The van der Waals surface area contributed by atoms with Gasteiger partial charge in [0.2, 0.25) is 5.91 Å². The fraction of sp³-hybridized carbons (Fsp3) is 0.846. The molecule has 1 rings (SSSR count). The second-order valence-electron chi connectivity index (χ2n) is 5.36. The molecule has 0 aromatic carbocycles. The molecule has 0 saturated carbocycles. The van der Waals surface area contributed by atoms with E-state index < -0.39 is 0 Å². The zero-order valence-corrected chi connectivity index (χ0v) is 11.2. The number of hydrogen-bond acceptors (Lipinski definition) is 3. The zero-order chi connectivity index (χ0) is 12.8. The normalized spacial score (nSPS) is 18.4. The molecule has 0 aliphatic carbocycles. The molecule has 0 bridgehead atoms. The summed E-state index contributed by atoms with van der Waals surface area (Å²) in [6, 6.07) is 0. The summed E-state index contributed by atoms with van der Waals surface area (Å²) in [4.78, 5) is 25.0. The number of nitrogens with zero attached hydrogens (tertiary/aromatic N) is 1. The highest BCUT2D eigenvalue weighted by molar-refractivity contribution is 5.79. The summed E-state index contributed by atoms with van der Waals surface area (Å²) in [6.45, 7) is 8.76. The third-order valence-electron chi connectivity index (χ3n) is 3.24. The van der Waals surface area contributed by atoms with Crippen LogP contribution >= 0.6 is 0 Å². The monoisotopic (exact) mass is 240 g/mol.